The number of aromatic nitrogens is 2. The lowest BCUT2D eigenvalue weighted by Gasteiger charge is -2.12. The number of halogens is 4. The summed E-state index contributed by atoms with van der Waals surface area (Å²) in [7, 11) is 1.63. The van der Waals surface area contributed by atoms with Gasteiger partial charge in [0.15, 0.2) is 11.6 Å². The second-order valence-corrected chi connectivity index (χ2v) is 4.84. The van der Waals surface area contributed by atoms with Crippen LogP contribution in [0.5, 0.6) is 0 Å². The van der Waals surface area contributed by atoms with E-state index < -0.39 is 23.6 Å². The molecule has 1 heterocycles. The molecule has 0 fully saturated rings. The minimum absolute atomic E-state index is 0.0412. The Morgan fingerprint density at radius 1 is 1.25 bits per heavy atom. The predicted molar refractivity (Wildman–Crippen MR) is 67.9 cm³/mol. The van der Waals surface area contributed by atoms with Gasteiger partial charge in [-0.3, -0.25) is 4.68 Å². The van der Waals surface area contributed by atoms with Crippen LogP contribution >= 0.6 is 11.6 Å². The minimum Gasteiger partial charge on any atom is -0.388 e. The Morgan fingerprint density at radius 2 is 1.85 bits per heavy atom. The molecule has 0 aliphatic heterocycles. The maximum Gasteiger partial charge on any atom is 0.161 e. The molecule has 1 atom stereocenters. The molecule has 3 nitrogen and oxygen atoms in total. The van der Waals surface area contributed by atoms with Gasteiger partial charge in [0, 0.05) is 30.7 Å². The molecule has 0 aliphatic carbocycles. The molecular weight excluding hydrogens is 293 g/mol. The van der Waals surface area contributed by atoms with Crippen molar-refractivity contribution >= 4 is 11.6 Å². The first-order valence-corrected chi connectivity index (χ1v) is 6.19. The van der Waals surface area contributed by atoms with Gasteiger partial charge in [-0.2, -0.15) is 5.10 Å². The quantitative estimate of drug-likeness (QED) is 0.885. The van der Waals surface area contributed by atoms with Crippen molar-refractivity contribution in [3.63, 3.8) is 0 Å². The lowest BCUT2D eigenvalue weighted by atomic mass is 10.0. The van der Waals surface area contributed by atoms with Gasteiger partial charge in [-0.05, 0) is 13.0 Å². The van der Waals surface area contributed by atoms with Crippen molar-refractivity contribution in [2.24, 2.45) is 7.05 Å². The van der Waals surface area contributed by atoms with E-state index in [0.717, 1.165) is 0 Å². The molecule has 7 heteroatoms. The standard InChI is InChI=1S/C13H12ClF3N2O/c1-6-7(13(14)19(2)18-6)4-12(20)8-3-10(16)11(17)5-9(8)15/h3,5,12,20H,4H2,1-2H3. The number of nitrogens with zero attached hydrogens (tertiary/aromatic N) is 2. The van der Waals surface area contributed by atoms with Gasteiger partial charge in [0.1, 0.15) is 11.0 Å². The first kappa shape index (κ1) is 14.9. The van der Waals surface area contributed by atoms with Crippen LogP contribution in [0.3, 0.4) is 0 Å². The van der Waals surface area contributed by atoms with Crippen molar-refractivity contribution in [2.45, 2.75) is 19.4 Å². The highest BCUT2D eigenvalue weighted by Crippen LogP contribution is 2.28. The van der Waals surface area contributed by atoms with Crippen LogP contribution in [0, 0.1) is 24.4 Å². The van der Waals surface area contributed by atoms with Crippen LogP contribution < -0.4 is 0 Å². The number of hydrogen-bond acceptors (Lipinski definition) is 2. The molecule has 0 spiro atoms. The molecule has 1 unspecified atom stereocenters. The normalized spacial score (nSPS) is 12.8. The maximum absolute atomic E-state index is 13.6. The van der Waals surface area contributed by atoms with E-state index >= 15 is 0 Å². The number of aryl methyl sites for hydroxylation is 2. The van der Waals surface area contributed by atoms with Crippen LogP contribution in [-0.4, -0.2) is 14.9 Å². The molecule has 0 amide bonds. The summed E-state index contributed by atoms with van der Waals surface area (Å²) < 4.78 is 41.0. The van der Waals surface area contributed by atoms with Gasteiger partial charge in [-0.25, -0.2) is 13.2 Å². The lowest BCUT2D eigenvalue weighted by molar-refractivity contribution is 0.172. The van der Waals surface area contributed by atoms with Gasteiger partial charge in [-0.15, -0.1) is 0 Å². The fraction of sp³-hybridized carbons (Fsp3) is 0.308. The molecule has 20 heavy (non-hydrogen) atoms. The Balaban J connectivity index is 2.33. The van der Waals surface area contributed by atoms with Gasteiger partial charge >= 0.3 is 0 Å². The average Bonchev–Trinajstić information content (AvgIpc) is 2.60. The molecule has 2 aromatic rings. The first-order valence-electron chi connectivity index (χ1n) is 5.81. The van der Waals surface area contributed by atoms with E-state index in [9.17, 15) is 18.3 Å². The van der Waals surface area contributed by atoms with Crippen molar-refractivity contribution in [2.75, 3.05) is 0 Å². The van der Waals surface area contributed by atoms with Crippen molar-refractivity contribution in [1.29, 1.82) is 0 Å². The van der Waals surface area contributed by atoms with Crippen LogP contribution in [0.4, 0.5) is 13.2 Å². The predicted octanol–water partition coefficient (Wildman–Crippen LogP) is 3.08. The molecule has 1 aromatic heterocycles. The average molecular weight is 305 g/mol. The third kappa shape index (κ3) is 2.66. The van der Waals surface area contributed by atoms with E-state index in [4.69, 9.17) is 11.6 Å². The number of aliphatic hydroxyl groups excluding tert-OH is 1. The first-order chi connectivity index (χ1) is 9.31. The highest BCUT2D eigenvalue weighted by molar-refractivity contribution is 6.30. The molecular formula is C13H12ClF3N2O. The van der Waals surface area contributed by atoms with Crippen LogP contribution in [0.2, 0.25) is 5.15 Å². The second kappa shape index (κ2) is 5.46. The molecule has 0 radical (unpaired) electrons. The molecule has 0 saturated heterocycles. The Bertz CT molecular complexity index is 658. The number of benzene rings is 1. The van der Waals surface area contributed by atoms with E-state index in [-0.39, 0.29) is 12.0 Å². The summed E-state index contributed by atoms with van der Waals surface area (Å²) in [6, 6.07) is 1.06. The Labute approximate surface area is 118 Å². The maximum atomic E-state index is 13.6. The fourth-order valence-corrected chi connectivity index (χ4v) is 2.25. The highest BCUT2D eigenvalue weighted by Gasteiger charge is 2.21. The molecule has 1 N–H and O–H groups in total. The van der Waals surface area contributed by atoms with Gasteiger partial charge in [0.25, 0.3) is 0 Å². The molecule has 0 aliphatic rings. The second-order valence-electron chi connectivity index (χ2n) is 4.49. The zero-order chi connectivity index (χ0) is 15.0. The van der Waals surface area contributed by atoms with Crippen LogP contribution in [0.15, 0.2) is 12.1 Å². The third-order valence-electron chi connectivity index (χ3n) is 3.07. The number of aliphatic hydroxyl groups is 1. The largest absolute Gasteiger partial charge is 0.388 e. The van der Waals surface area contributed by atoms with Crippen molar-refractivity contribution in [3.8, 4) is 0 Å². The Morgan fingerprint density at radius 3 is 2.40 bits per heavy atom. The summed E-state index contributed by atoms with van der Waals surface area (Å²) >= 11 is 6.00. The Kier molecular flexibility index (Phi) is 4.06. The molecule has 108 valence electrons. The van der Waals surface area contributed by atoms with Crippen LogP contribution in [0.25, 0.3) is 0 Å². The molecule has 2 rings (SSSR count). The van der Waals surface area contributed by atoms with Crippen molar-refractivity contribution in [3.05, 3.63) is 51.6 Å². The molecule has 0 saturated carbocycles. The summed E-state index contributed by atoms with van der Waals surface area (Å²) in [6.45, 7) is 1.69. The van der Waals surface area contributed by atoms with Gasteiger partial charge in [0.05, 0.1) is 11.8 Å². The Hall–Kier alpha value is -1.53. The van der Waals surface area contributed by atoms with Crippen LogP contribution in [0.1, 0.15) is 22.9 Å². The van der Waals surface area contributed by atoms with Crippen LogP contribution in [-0.2, 0) is 13.5 Å². The third-order valence-corrected chi connectivity index (χ3v) is 3.54. The molecule has 1 aromatic carbocycles. The van der Waals surface area contributed by atoms with E-state index in [1.54, 1.807) is 14.0 Å². The van der Waals surface area contributed by atoms with Crippen molar-refractivity contribution < 1.29 is 18.3 Å². The zero-order valence-electron chi connectivity index (χ0n) is 10.8. The summed E-state index contributed by atoms with van der Waals surface area (Å²) in [6.07, 6.45) is -1.38. The SMILES string of the molecule is Cc1nn(C)c(Cl)c1CC(O)c1cc(F)c(F)cc1F. The van der Waals surface area contributed by atoms with Gasteiger partial charge in [-0.1, -0.05) is 11.6 Å². The van der Waals surface area contributed by atoms with E-state index in [1.165, 1.54) is 4.68 Å². The summed E-state index contributed by atoms with van der Waals surface area (Å²) in [5.74, 6) is -3.52. The molecule has 0 bridgehead atoms. The number of hydrogen-bond donors (Lipinski definition) is 1. The monoisotopic (exact) mass is 304 g/mol. The summed E-state index contributed by atoms with van der Waals surface area (Å²) in [4.78, 5) is 0. The zero-order valence-corrected chi connectivity index (χ0v) is 11.5. The fourth-order valence-electron chi connectivity index (χ4n) is 2.00. The minimum atomic E-state index is -1.34. The van der Waals surface area contributed by atoms with Gasteiger partial charge in [0.2, 0.25) is 0 Å². The van der Waals surface area contributed by atoms with E-state index in [2.05, 4.69) is 5.10 Å². The summed E-state index contributed by atoms with van der Waals surface area (Å²) in [5.41, 5.74) is 0.800. The van der Waals surface area contributed by atoms with E-state index in [1.807, 2.05) is 0 Å². The van der Waals surface area contributed by atoms with Crippen molar-refractivity contribution in [1.82, 2.24) is 9.78 Å². The number of rotatable bonds is 3. The smallest absolute Gasteiger partial charge is 0.161 e. The summed E-state index contributed by atoms with van der Waals surface area (Å²) in [5, 5.41) is 14.4. The highest BCUT2D eigenvalue weighted by atomic mass is 35.5. The topological polar surface area (TPSA) is 38.0 Å². The van der Waals surface area contributed by atoms with Gasteiger partial charge < -0.3 is 5.11 Å². The lowest BCUT2D eigenvalue weighted by Crippen LogP contribution is -2.07. The van der Waals surface area contributed by atoms with E-state index in [0.29, 0.717) is 28.5 Å².